The molecule has 0 aliphatic carbocycles. The van der Waals surface area contributed by atoms with Crippen molar-refractivity contribution in [1.82, 2.24) is 4.98 Å². The number of rotatable bonds is 1. The molecule has 0 saturated heterocycles. The highest BCUT2D eigenvalue weighted by atomic mass is 16.5. The van der Waals surface area contributed by atoms with Crippen LogP contribution in [0.5, 0.6) is 5.75 Å². The Morgan fingerprint density at radius 1 is 1.06 bits per heavy atom. The maximum Gasteiger partial charge on any atom is 0.128 e. The highest BCUT2D eigenvalue weighted by Crippen LogP contribution is 2.34. The summed E-state index contributed by atoms with van der Waals surface area (Å²) in [5, 5.41) is 2.40. The minimum atomic E-state index is 0.929. The molecule has 2 heteroatoms. The molecule has 3 aromatic rings. The fourth-order valence-electron chi connectivity index (χ4n) is 2.23. The van der Waals surface area contributed by atoms with E-state index in [9.17, 15) is 0 Å². The molecule has 0 fully saturated rings. The standard InChI is InChI=1S/C14H13NO/c1-9-7-8-12(16-2)13-10-5-3-4-6-11(10)15-14(9)13/h3-8,15H,1-2H3. The molecule has 0 spiro atoms. The van der Waals surface area contributed by atoms with E-state index >= 15 is 0 Å². The topological polar surface area (TPSA) is 25.0 Å². The molecule has 1 heterocycles. The van der Waals surface area contributed by atoms with Crippen molar-refractivity contribution in [3.63, 3.8) is 0 Å². The maximum absolute atomic E-state index is 5.43. The van der Waals surface area contributed by atoms with E-state index in [1.165, 1.54) is 21.9 Å². The number of fused-ring (bicyclic) bond motifs is 3. The van der Waals surface area contributed by atoms with Crippen LogP contribution in [-0.2, 0) is 0 Å². The summed E-state index contributed by atoms with van der Waals surface area (Å²) in [6.07, 6.45) is 0. The zero-order valence-electron chi connectivity index (χ0n) is 9.37. The number of methoxy groups -OCH3 is 1. The molecule has 0 saturated carbocycles. The first-order chi connectivity index (χ1) is 7.81. The number of aromatic nitrogens is 1. The van der Waals surface area contributed by atoms with E-state index in [4.69, 9.17) is 4.74 Å². The molecule has 3 rings (SSSR count). The monoisotopic (exact) mass is 211 g/mol. The lowest BCUT2D eigenvalue weighted by Gasteiger charge is -2.03. The Kier molecular flexibility index (Phi) is 1.90. The van der Waals surface area contributed by atoms with Crippen molar-refractivity contribution in [2.75, 3.05) is 7.11 Å². The van der Waals surface area contributed by atoms with Gasteiger partial charge in [-0.3, -0.25) is 0 Å². The quantitative estimate of drug-likeness (QED) is 0.653. The van der Waals surface area contributed by atoms with Crippen molar-refractivity contribution in [1.29, 1.82) is 0 Å². The molecule has 2 nitrogen and oxygen atoms in total. The second-order valence-corrected chi connectivity index (χ2v) is 4.01. The smallest absolute Gasteiger partial charge is 0.128 e. The van der Waals surface area contributed by atoms with E-state index in [2.05, 4.69) is 36.2 Å². The first kappa shape index (κ1) is 9.28. The van der Waals surface area contributed by atoms with Crippen molar-refractivity contribution in [2.45, 2.75) is 6.92 Å². The molecule has 2 aromatic carbocycles. The van der Waals surface area contributed by atoms with E-state index in [0.717, 1.165) is 11.3 Å². The lowest BCUT2D eigenvalue weighted by molar-refractivity contribution is 0.420. The van der Waals surface area contributed by atoms with Crippen molar-refractivity contribution < 1.29 is 4.74 Å². The minimum absolute atomic E-state index is 0.929. The summed E-state index contributed by atoms with van der Waals surface area (Å²) in [4.78, 5) is 3.44. The fourth-order valence-corrected chi connectivity index (χ4v) is 2.23. The van der Waals surface area contributed by atoms with E-state index in [1.807, 2.05) is 12.1 Å². The van der Waals surface area contributed by atoms with Crippen molar-refractivity contribution in [2.24, 2.45) is 0 Å². The van der Waals surface area contributed by atoms with Crippen LogP contribution in [0.4, 0.5) is 0 Å². The minimum Gasteiger partial charge on any atom is -0.496 e. The molecular weight excluding hydrogens is 198 g/mol. The highest BCUT2D eigenvalue weighted by molar-refractivity contribution is 6.11. The Labute approximate surface area is 93.8 Å². The van der Waals surface area contributed by atoms with Gasteiger partial charge in [0.1, 0.15) is 5.75 Å². The van der Waals surface area contributed by atoms with Crippen molar-refractivity contribution in [3.8, 4) is 5.75 Å². The van der Waals surface area contributed by atoms with Crippen LogP contribution in [0.2, 0.25) is 0 Å². The normalized spacial score (nSPS) is 11.1. The number of ether oxygens (including phenoxy) is 1. The lowest BCUT2D eigenvalue weighted by Crippen LogP contribution is -1.85. The van der Waals surface area contributed by atoms with Crippen molar-refractivity contribution in [3.05, 3.63) is 42.0 Å². The number of H-pyrrole nitrogens is 1. The molecule has 80 valence electrons. The number of hydrogen-bond donors (Lipinski definition) is 1. The van der Waals surface area contributed by atoms with Gasteiger partial charge in [-0.15, -0.1) is 0 Å². The molecule has 0 atom stereocenters. The first-order valence-corrected chi connectivity index (χ1v) is 5.35. The molecule has 1 N–H and O–H groups in total. The van der Waals surface area contributed by atoms with Gasteiger partial charge in [0, 0.05) is 16.3 Å². The van der Waals surface area contributed by atoms with E-state index in [-0.39, 0.29) is 0 Å². The Bertz CT molecular complexity index is 667. The third-order valence-electron chi connectivity index (χ3n) is 3.05. The van der Waals surface area contributed by atoms with Crippen LogP contribution in [0, 0.1) is 6.92 Å². The van der Waals surface area contributed by atoms with Gasteiger partial charge < -0.3 is 9.72 Å². The average Bonchev–Trinajstić information content (AvgIpc) is 2.70. The predicted molar refractivity (Wildman–Crippen MR) is 67.1 cm³/mol. The molecule has 0 unspecified atom stereocenters. The van der Waals surface area contributed by atoms with E-state index in [1.54, 1.807) is 7.11 Å². The summed E-state index contributed by atoms with van der Waals surface area (Å²) in [5.41, 5.74) is 3.57. The number of para-hydroxylation sites is 1. The predicted octanol–water partition coefficient (Wildman–Crippen LogP) is 3.64. The first-order valence-electron chi connectivity index (χ1n) is 5.35. The summed E-state index contributed by atoms with van der Waals surface area (Å²) in [6.45, 7) is 2.11. The Morgan fingerprint density at radius 3 is 2.69 bits per heavy atom. The van der Waals surface area contributed by atoms with Gasteiger partial charge >= 0.3 is 0 Å². The molecule has 0 bridgehead atoms. The average molecular weight is 211 g/mol. The summed E-state index contributed by atoms with van der Waals surface area (Å²) < 4.78 is 5.43. The second kappa shape index (κ2) is 3.27. The van der Waals surface area contributed by atoms with Crippen LogP contribution >= 0.6 is 0 Å². The van der Waals surface area contributed by atoms with Gasteiger partial charge in [0.05, 0.1) is 12.6 Å². The molecule has 0 aliphatic rings. The Balaban J connectivity index is 2.59. The Morgan fingerprint density at radius 2 is 1.88 bits per heavy atom. The zero-order chi connectivity index (χ0) is 11.1. The van der Waals surface area contributed by atoms with E-state index < -0.39 is 0 Å². The summed E-state index contributed by atoms with van der Waals surface area (Å²) in [7, 11) is 1.71. The number of aryl methyl sites for hydroxylation is 1. The van der Waals surface area contributed by atoms with Gasteiger partial charge in [-0.2, -0.15) is 0 Å². The zero-order valence-corrected chi connectivity index (χ0v) is 9.37. The molecule has 1 aromatic heterocycles. The van der Waals surface area contributed by atoms with Crippen LogP contribution in [0.3, 0.4) is 0 Å². The number of benzene rings is 2. The highest BCUT2D eigenvalue weighted by Gasteiger charge is 2.10. The van der Waals surface area contributed by atoms with Crippen LogP contribution in [0.1, 0.15) is 5.56 Å². The number of nitrogens with one attached hydrogen (secondary N) is 1. The number of hydrogen-bond acceptors (Lipinski definition) is 1. The van der Waals surface area contributed by atoms with Crippen molar-refractivity contribution >= 4 is 21.8 Å². The van der Waals surface area contributed by atoms with Gasteiger partial charge in [-0.1, -0.05) is 24.3 Å². The van der Waals surface area contributed by atoms with Crippen LogP contribution < -0.4 is 4.74 Å². The summed E-state index contributed by atoms with van der Waals surface area (Å²) >= 11 is 0. The Hall–Kier alpha value is -1.96. The third kappa shape index (κ3) is 1.13. The molecule has 0 aliphatic heterocycles. The van der Waals surface area contributed by atoms with E-state index in [0.29, 0.717) is 0 Å². The summed E-state index contributed by atoms with van der Waals surface area (Å²) in [6, 6.07) is 12.4. The van der Waals surface area contributed by atoms with Crippen LogP contribution in [-0.4, -0.2) is 12.1 Å². The van der Waals surface area contributed by atoms with Crippen LogP contribution in [0.25, 0.3) is 21.8 Å². The molecule has 0 amide bonds. The van der Waals surface area contributed by atoms with Gasteiger partial charge in [-0.25, -0.2) is 0 Å². The van der Waals surface area contributed by atoms with Gasteiger partial charge in [0.15, 0.2) is 0 Å². The molecule has 16 heavy (non-hydrogen) atoms. The molecule has 0 radical (unpaired) electrons. The summed E-state index contributed by atoms with van der Waals surface area (Å²) in [5.74, 6) is 0.929. The largest absolute Gasteiger partial charge is 0.496 e. The van der Waals surface area contributed by atoms with Gasteiger partial charge in [-0.05, 0) is 24.6 Å². The third-order valence-corrected chi connectivity index (χ3v) is 3.05. The fraction of sp³-hybridized carbons (Fsp3) is 0.143. The molecular formula is C14H13NO. The lowest BCUT2D eigenvalue weighted by atomic mass is 10.1. The van der Waals surface area contributed by atoms with Gasteiger partial charge in [0.25, 0.3) is 0 Å². The second-order valence-electron chi connectivity index (χ2n) is 4.01. The SMILES string of the molecule is COc1ccc(C)c2[nH]c3ccccc3c12. The number of aromatic amines is 1. The van der Waals surface area contributed by atoms with Crippen LogP contribution in [0.15, 0.2) is 36.4 Å². The van der Waals surface area contributed by atoms with Gasteiger partial charge in [0.2, 0.25) is 0 Å². The maximum atomic E-state index is 5.43.